The fraction of sp³-hybridized carbons (Fsp3) is 0.304. The normalized spacial score (nSPS) is 16.6. The number of carbonyl (C=O) groups is 1. The Hall–Kier alpha value is -3.24. The van der Waals surface area contributed by atoms with E-state index in [-0.39, 0.29) is 41.2 Å². The standard InChI is InChI=1S/C23H24FN3O5S/c1-15-22(16(2)32-26-15)33(29,30)27-13-3-4-21(27)23(28)25-14-17-5-9-19(10-6-17)31-20-11-7-18(24)8-12-20/h5-12,21H,3-4,13-14H2,1-2H3,(H,25,28)/t21-/m1/s1. The van der Waals surface area contributed by atoms with Crippen molar-refractivity contribution in [1.29, 1.82) is 0 Å². The molecule has 2 aromatic carbocycles. The molecule has 1 aliphatic rings. The number of aromatic nitrogens is 1. The van der Waals surface area contributed by atoms with Gasteiger partial charge in [-0.3, -0.25) is 4.79 Å². The first kappa shape index (κ1) is 22.9. The van der Waals surface area contributed by atoms with Crippen molar-refractivity contribution in [1.82, 2.24) is 14.8 Å². The van der Waals surface area contributed by atoms with Crippen molar-refractivity contribution >= 4 is 15.9 Å². The molecule has 0 radical (unpaired) electrons. The van der Waals surface area contributed by atoms with E-state index in [0.29, 0.717) is 24.3 Å². The largest absolute Gasteiger partial charge is 0.457 e. The predicted octanol–water partition coefficient (Wildman–Crippen LogP) is 3.69. The van der Waals surface area contributed by atoms with Crippen LogP contribution in [-0.2, 0) is 21.4 Å². The number of rotatable bonds is 7. The molecule has 2 heterocycles. The van der Waals surface area contributed by atoms with Crippen LogP contribution in [0.3, 0.4) is 0 Å². The molecule has 1 aromatic heterocycles. The number of carbonyl (C=O) groups excluding carboxylic acids is 1. The van der Waals surface area contributed by atoms with Gasteiger partial charge in [-0.1, -0.05) is 17.3 Å². The molecule has 10 heteroatoms. The van der Waals surface area contributed by atoms with Crippen molar-refractivity contribution in [3.8, 4) is 11.5 Å². The molecule has 3 aromatic rings. The second-order valence-electron chi connectivity index (χ2n) is 7.84. The smallest absolute Gasteiger partial charge is 0.249 e. The van der Waals surface area contributed by atoms with Gasteiger partial charge in [-0.05, 0) is 68.7 Å². The van der Waals surface area contributed by atoms with Gasteiger partial charge in [0.15, 0.2) is 5.76 Å². The number of hydrogen-bond acceptors (Lipinski definition) is 6. The van der Waals surface area contributed by atoms with E-state index in [2.05, 4.69) is 10.5 Å². The first-order chi connectivity index (χ1) is 15.8. The van der Waals surface area contributed by atoms with E-state index in [9.17, 15) is 17.6 Å². The molecule has 1 fully saturated rings. The minimum absolute atomic E-state index is 0.0268. The minimum atomic E-state index is -3.90. The Labute approximate surface area is 191 Å². The van der Waals surface area contributed by atoms with Crippen LogP contribution in [0.4, 0.5) is 4.39 Å². The summed E-state index contributed by atoms with van der Waals surface area (Å²) >= 11 is 0. The topological polar surface area (TPSA) is 102 Å². The summed E-state index contributed by atoms with van der Waals surface area (Å²) in [5.41, 5.74) is 1.11. The molecule has 174 valence electrons. The molecule has 1 atom stereocenters. The fourth-order valence-corrected chi connectivity index (χ4v) is 5.82. The number of benzene rings is 2. The third-order valence-corrected chi connectivity index (χ3v) is 7.63. The molecule has 4 rings (SSSR count). The number of amides is 1. The summed E-state index contributed by atoms with van der Waals surface area (Å²) in [6, 6.07) is 12.0. The quantitative estimate of drug-likeness (QED) is 0.562. The van der Waals surface area contributed by atoms with Crippen LogP contribution in [-0.4, -0.2) is 36.4 Å². The number of sulfonamides is 1. The molecule has 1 saturated heterocycles. The molecular weight excluding hydrogens is 449 g/mol. The van der Waals surface area contributed by atoms with Gasteiger partial charge in [-0.15, -0.1) is 0 Å². The summed E-state index contributed by atoms with van der Waals surface area (Å²) in [7, 11) is -3.90. The van der Waals surface area contributed by atoms with Gasteiger partial charge in [0.05, 0.1) is 0 Å². The number of nitrogens with one attached hydrogen (secondary N) is 1. The second kappa shape index (κ2) is 9.32. The average molecular weight is 474 g/mol. The van der Waals surface area contributed by atoms with Crippen LogP contribution >= 0.6 is 0 Å². The van der Waals surface area contributed by atoms with Crippen LogP contribution in [0.1, 0.15) is 29.9 Å². The Morgan fingerprint density at radius 2 is 1.79 bits per heavy atom. The monoisotopic (exact) mass is 473 g/mol. The van der Waals surface area contributed by atoms with E-state index in [1.165, 1.54) is 28.6 Å². The van der Waals surface area contributed by atoms with Gasteiger partial charge in [0.1, 0.15) is 33.9 Å². The predicted molar refractivity (Wildman–Crippen MR) is 118 cm³/mol. The third-order valence-electron chi connectivity index (χ3n) is 5.48. The molecule has 1 N–H and O–H groups in total. The van der Waals surface area contributed by atoms with Crippen LogP contribution < -0.4 is 10.1 Å². The third kappa shape index (κ3) is 4.91. The van der Waals surface area contributed by atoms with Gasteiger partial charge in [0.2, 0.25) is 15.9 Å². The lowest BCUT2D eigenvalue weighted by Crippen LogP contribution is -2.45. The fourth-order valence-electron chi connectivity index (χ4n) is 3.87. The summed E-state index contributed by atoms with van der Waals surface area (Å²) < 4.78 is 51.2. The Bertz CT molecular complexity index is 1220. The van der Waals surface area contributed by atoms with Gasteiger partial charge < -0.3 is 14.6 Å². The molecule has 8 nitrogen and oxygen atoms in total. The molecule has 1 aliphatic heterocycles. The van der Waals surface area contributed by atoms with E-state index in [1.807, 2.05) is 0 Å². The SMILES string of the molecule is Cc1noc(C)c1S(=O)(=O)N1CCC[C@@H]1C(=O)NCc1ccc(Oc2ccc(F)cc2)cc1. The first-order valence-corrected chi connectivity index (χ1v) is 11.9. The van der Waals surface area contributed by atoms with E-state index in [0.717, 1.165) is 5.56 Å². The number of aryl methyl sites for hydroxylation is 2. The number of nitrogens with zero attached hydrogens (tertiary/aromatic N) is 2. The summed E-state index contributed by atoms with van der Waals surface area (Å²) in [5.74, 6) is 0.604. The van der Waals surface area contributed by atoms with Crippen molar-refractivity contribution in [3.63, 3.8) is 0 Å². The van der Waals surface area contributed by atoms with Crippen LogP contribution in [0.15, 0.2) is 57.9 Å². The van der Waals surface area contributed by atoms with Crippen LogP contribution in [0, 0.1) is 19.7 Å². The second-order valence-corrected chi connectivity index (χ2v) is 9.67. The average Bonchev–Trinajstić information content (AvgIpc) is 3.42. The number of halogens is 1. The lowest BCUT2D eigenvalue weighted by atomic mass is 10.2. The minimum Gasteiger partial charge on any atom is -0.457 e. The van der Waals surface area contributed by atoms with Crippen molar-refractivity contribution in [2.24, 2.45) is 0 Å². The maximum absolute atomic E-state index is 13.1. The molecule has 0 bridgehead atoms. The van der Waals surface area contributed by atoms with Gasteiger partial charge in [-0.2, -0.15) is 4.31 Å². The first-order valence-electron chi connectivity index (χ1n) is 10.5. The summed E-state index contributed by atoms with van der Waals surface area (Å²) in [6.45, 7) is 3.62. The summed E-state index contributed by atoms with van der Waals surface area (Å²) in [4.78, 5) is 12.9. The van der Waals surface area contributed by atoms with Gasteiger partial charge in [0, 0.05) is 13.1 Å². The van der Waals surface area contributed by atoms with E-state index in [1.54, 1.807) is 38.1 Å². The summed E-state index contributed by atoms with van der Waals surface area (Å²) in [5, 5.41) is 6.55. The highest BCUT2D eigenvalue weighted by molar-refractivity contribution is 7.89. The maximum Gasteiger partial charge on any atom is 0.249 e. The lowest BCUT2D eigenvalue weighted by molar-refractivity contribution is -0.124. The highest BCUT2D eigenvalue weighted by atomic mass is 32.2. The molecule has 0 spiro atoms. The molecule has 0 saturated carbocycles. The van der Waals surface area contributed by atoms with Gasteiger partial charge in [-0.25, -0.2) is 12.8 Å². The highest BCUT2D eigenvalue weighted by Crippen LogP contribution is 2.30. The Morgan fingerprint density at radius 3 is 2.39 bits per heavy atom. The molecule has 33 heavy (non-hydrogen) atoms. The zero-order valence-corrected chi connectivity index (χ0v) is 19.1. The van der Waals surface area contributed by atoms with Crippen LogP contribution in [0.2, 0.25) is 0 Å². The number of ether oxygens (including phenoxy) is 1. The van der Waals surface area contributed by atoms with E-state index < -0.39 is 16.1 Å². The summed E-state index contributed by atoms with van der Waals surface area (Å²) in [6.07, 6.45) is 1.04. The van der Waals surface area contributed by atoms with E-state index >= 15 is 0 Å². The van der Waals surface area contributed by atoms with Crippen molar-refractivity contribution in [3.05, 3.63) is 71.4 Å². The van der Waals surface area contributed by atoms with Crippen molar-refractivity contribution in [2.75, 3.05) is 6.54 Å². The zero-order valence-electron chi connectivity index (χ0n) is 18.2. The van der Waals surface area contributed by atoms with Crippen molar-refractivity contribution < 1.29 is 26.9 Å². The maximum atomic E-state index is 13.1. The molecule has 0 unspecified atom stereocenters. The Morgan fingerprint density at radius 1 is 1.15 bits per heavy atom. The Balaban J connectivity index is 1.38. The molecule has 1 amide bonds. The van der Waals surface area contributed by atoms with Crippen LogP contribution in [0.5, 0.6) is 11.5 Å². The van der Waals surface area contributed by atoms with Gasteiger partial charge >= 0.3 is 0 Å². The number of hydrogen-bond donors (Lipinski definition) is 1. The lowest BCUT2D eigenvalue weighted by Gasteiger charge is -2.23. The van der Waals surface area contributed by atoms with E-state index in [4.69, 9.17) is 9.26 Å². The highest BCUT2D eigenvalue weighted by Gasteiger charge is 2.41. The molecular formula is C23H24FN3O5S. The Kier molecular flexibility index (Phi) is 6.48. The van der Waals surface area contributed by atoms with Crippen molar-refractivity contribution in [2.45, 2.75) is 44.2 Å². The van der Waals surface area contributed by atoms with Crippen LogP contribution in [0.25, 0.3) is 0 Å². The zero-order chi connectivity index (χ0) is 23.6. The molecule has 0 aliphatic carbocycles. The van der Waals surface area contributed by atoms with Gasteiger partial charge in [0.25, 0.3) is 0 Å².